The first kappa shape index (κ1) is 12.1. The van der Waals surface area contributed by atoms with Crippen molar-refractivity contribution in [2.75, 3.05) is 11.4 Å². The number of alkyl halides is 1. The van der Waals surface area contributed by atoms with Crippen LogP contribution in [0.1, 0.15) is 29.8 Å². The lowest BCUT2D eigenvalue weighted by Gasteiger charge is -2.14. The zero-order valence-electron chi connectivity index (χ0n) is 9.87. The first-order valence-electron chi connectivity index (χ1n) is 5.60. The highest BCUT2D eigenvalue weighted by atomic mass is 35.5. The van der Waals surface area contributed by atoms with Crippen LogP contribution in [0.15, 0.2) is 18.2 Å². The van der Waals surface area contributed by atoms with E-state index in [2.05, 4.69) is 0 Å². The fourth-order valence-corrected chi connectivity index (χ4v) is 2.24. The summed E-state index contributed by atoms with van der Waals surface area (Å²) < 4.78 is 0. The van der Waals surface area contributed by atoms with Gasteiger partial charge in [0.05, 0.1) is 5.38 Å². The summed E-state index contributed by atoms with van der Waals surface area (Å²) in [5.74, 6) is -0.0377. The molecule has 1 aliphatic heterocycles. The molecule has 1 atom stereocenters. The maximum absolute atomic E-state index is 11.7. The highest BCUT2D eigenvalue weighted by Crippen LogP contribution is 2.29. The van der Waals surface area contributed by atoms with Gasteiger partial charge < -0.3 is 4.90 Å². The van der Waals surface area contributed by atoms with Crippen molar-refractivity contribution in [2.24, 2.45) is 0 Å². The van der Waals surface area contributed by atoms with Gasteiger partial charge in [0.15, 0.2) is 5.78 Å². The number of amides is 1. The zero-order valence-corrected chi connectivity index (χ0v) is 10.6. The summed E-state index contributed by atoms with van der Waals surface area (Å²) in [6, 6.07) is 5.41. The Hall–Kier alpha value is -1.35. The van der Waals surface area contributed by atoms with Crippen molar-refractivity contribution < 1.29 is 9.59 Å². The fraction of sp³-hybridized carbons (Fsp3) is 0.385. The lowest BCUT2D eigenvalue weighted by molar-refractivity contribution is -0.116. The number of carbonyl (C=O) groups is 2. The third kappa shape index (κ3) is 2.20. The van der Waals surface area contributed by atoms with Gasteiger partial charge in [0.1, 0.15) is 0 Å². The van der Waals surface area contributed by atoms with Crippen LogP contribution in [0.5, 0.6) is 0 Å². The Morgan fingerprint density at radius 3 is 2.71 bits per heavy atom. The third-order valence-electron chi connectivity index (χ3n) is 3.00. The minimum Gasteiger partial charge on any atom is -0.312 e. The van der Waals surface area contributed by atoms with Crippen molar-refractivity contribution in [2.45, 2.75) is 25.6 Å². The van der Waals surface area contributed by atoms with Crippen molar-refractivity contribution in [1.29, 1.82) is 0 Å². The van der Waals surface area contributed by atoms with Crippen LogP contribution in [0.3, 0.4) is 0 Å². The molecule has 0 fully saturated rings. The van der Waals surface area contributed by atoms with Gasteiger partial charge in [-0.3, -0.25) is 9.59 Å². The van der Waals surface area contributed by atoms with Crippen LogP contribution in [-0.4, -0.2) is 23.6 Å². The van der Waals surface area contributed by atoms with Crippen LogP contribution in [-0.2, 0) is 11.2 Å². The van der Waals surface area contributed by atoms with Gasteiger partial charge in [0.2, 0.25) is 5.91 Å². The Morgan fingerprint density at radius 2 is 2.12 bits per heavy atom. The van der Waals surface area contributed by atoms with Crippen LogP contribution in [0.4, 0.5) is 5.69 Å². The fourth-order valence-electron chi connectivity index (χ4n) is 2.11. The van der Waals surface area contributed by atoms with E-state index in [1.165, 1.54) is 0 Å². The van der Waals surface area contributed by atoms with Crippen LogP contribution >= 0.6 is 11.6 Å². The number of carbonyl (C=O) groups excluding carboxylic acids is 2. The van der Waals surface area contributed by atoms with E-state index >= 15 is 0 Å². The van der Waals surface area contributed by atoms with E-state index in [0.29, 0.717) is 12.1 Å². The summed E-state index contributed by atoms with van der Waals surface area (Å²) in [4.78, 5) is 24.9. The minimum atomic E-state index is -0.515. The van der Waals surface area contributed by atoms with Gasteiger partial charge in [-0.1, -0.05) is 0 Å². The number of hydrogen-bond donors (Lipinski definition) is 0. The predicted molar refractivity (Wildman–Crippen MR) is 67.8 cm³/mol. The Kier molecular flexibility index (Phi) is 3.20. The van der Waals surface area contributed by atoms with E-state index in [4.69, 9.17) is 11.6 Å². The maximum Gasteiger partial charge on any atom is 0.223 e. The maximum atomic E-state index is 11.7. The van der Waals surface area contributed by atoms with Crippen LogP contribution in [0.25, 0.3) is 0 Å². The molecular weight excluding hydrogens is 238 g/mol. The smallest absolute Gasteiger partial charge is 0.223 e. The largest absolute Gasteiger partial charge is 0.312 e. The van der Waals surface area contributed by atoms with Gasteiger partial charge in [-0.15, -0.1) is 11.6 Å². The summed E-state index contributed by atoms with van der Waals surface area (Å²) >= 11 is 5.78. The second-order valence-corrected chi connectivity index (χ2v) is 4.90. The van der Waals surface area contributed by atoms with Gasteiger partial charge in [-0.2, -0.15) is 0 Å². The normalized spacial score (nSPS) is 15.6. The number of nitrogens with zero attached hydrogens (tertiary/aromatic N) is 1. The molecule has 0 N–H and O–H groups in total. The predicted octanol–water partition coefficient (Wildman–Crippen LogP) is 2.41. The van der Waals surface area contributed by atoms with Crippen molar-refractivity contribution in [3.05, 3.63) is 29.3 Å². The molecule has 90 valence electrons. The molecule has 3 nitrogen and oxygen atoms in total. The number of rotatable bonds is 2. The SMILES string of the molecule is CC(=O)N1CCc2cc(C(=O)C(C)Cl)ccc21. The first-order chi connectivity index (χ1) is 8.00. The van der Waals surface area contributed by atoms with Gasteiger partial charge in [-0.05, 0) is 37.1 Å². The standard InChI is InChI=1S/C13H14ClNO2/c1-8(14)13(17)11-3-4-12-10(7-11)5-6-15(12)9(2)16/h3-4,7-8H,5-6H2,1-2H3. The molecule has 1 amide bonds. The molecule has 0 radical (unpaired) electrons. The van der Waals surface area contributed by atoms with E-state index < -0.39 is 5.38 Å². The highest BCUT2D eigenvalue weighted by molar-refractivity contribution is 6.33. The summed E-state index contributed by atoms with van der Waals surface area (Å²) in [7, 11) is 0. The Morgan fingerprint density at radius 1 is 1.41 bits per heavy atom. The third-order valence-corrected chi connectivity index (χ3v) is 3.20. The number of fused-ring (bicyclic) bond motifs is 1. The summed E-state index contributed by atoms with van der Waals surface area (Å²) in [5, 5.41) is -0.515. The Labute approximate surface area is 105 Å². The molecule has 0 bridgehead atoms. The molecule has 0 spiro atoms. The molecule has 1 aromatic rings. The van der Waals surface area contributed by atoms with E-state index in [9.17, 15) is 9.59 Å². The Balaban J connectivity index is 2.35. The average molecular weight is 252 g/mol. The number of halogens is 1. The van der Waals surface area contributed by atoms with Gasteiger partial charge in [0.25, 0.3) is 0 Å². The van der Waals surface area contributed by atoms with E-state index in [0.717, 1.165) is 17.7 Å². The van der Waals surface area contributed by atoms with E-state index in [1.54, 1.807) is 24.8 Å². The molecule has 17 heavy (non-hydrogen) atoms. The molecule has 0 aliphatic carbocycles. The van der Waals surface area contributed by atoms with E-state index in [1.807, 2.05) is 12.1 Å². The molecule has 0 saturated carbocycles. The molecule has 1 unspecified atom stereocenters. The summed E-state index contributed by atoms with van der Waals surface area (Å²) in [5.41, 5.74) is 2.58. The molecular formula is C13H14ClNO2. The number of benzene rings is 1. The topological polar surface area (TPSA) is 37.4 Å². The quantitative estimate of drug-likeness (QED) is 0.598. The average Bonchev–Trinajstić information content (AvgIpc) is 2.70. The second-order valence-electron chi connectivity index (χ2n) is 4.24. The van der Waals surface area contributed by atoms with Crippen LogP contribution in [0, 0.1) is 0 Å². The second kappa shape index (κ2) is 4.49. The van der Waals surface area contributed by atoms with Crippen molar-refractivity contribution >= 4 is 29.0 Å². The van der Waals surface area contributed by atoms with Crippen molar-refractivity contribution in [3.63, 3.8) is 0 Å². The zero-order chi connectivity index (χ0) is 12.6. The highest BCUT2D eigenvalue weighted by Gasteiger charge is 2.23. The molecule has 1 aromatic carbocycles. The molecule has 4 heteroatoms. The number of ketones is 1. The monoisotopic (exact) mass is 251 g/mol. The lowest BCUT2D eigenvalue weighted by atomic mass is 10.0. The molecule has 2 rings (SSSR count). The van der Waals surface area contributed by atoms with Crippen molar-refractivity contribution in [1.82, 2.24) is 0 Å². The van der Waals surface area contributed by atoms with Crippen molar-refractivity contribution in [3.8, 4) is 0 Å². The van der Waals surface area contributed by atoms with Gasteiger partial charge in [-0.25, -0.2) is 0 Å². The van der Waals surface area contributed by atoms with Crippen LogP contribution in [0.2, 0.25) is 0 Å². The molecule has 0 saturated heterocycles. The van der Waals surface area contributed by atoms with Crippen LogP contribution < -0.4 is 4.90 Å². The molecule has 1 heterocycles. The van der Waals surface area contributed by atoms with Gasteiger partial charge in [0, 0.05) is 24.7 Å². The molecule has 1 aliphatic rings. The number of anilines is 1. The van der Waals surface area contributed by atoms with E-state index in [-0.39, 0.29) is 11.7 Å². The van der Waals surface area contributed by atoms with Gasteiger partial charge >= 0.3 is 0 Å². The summed E-state index contributed by atoms with van der Waals surface area (Å²) in [6.07, 6.45) is 0.798. The Bertz CT molecular complexity index is 482. The first-order valence-corrected chi connectivity index (χ1v) is 6.03. The number of Topliss-reactive ketones (excluding diaryl/α,β-unsaturated/α-hetero) is 1. The summed E-state index contributed by atoms with van der Waals surface area (Å²) in [6.45, 7) is 3.91. The minimum absolute atomic E-state index is 0.0357. The molecule has 0 aromatic heterocycles. The lowest BCUT2D eigenvalue weighted by Crippen LogP contribution is -2.25. The number of hydrogen-bond acceptors (Lipinski definition) is 2.